The first-order valence-corrected chi connectivity index (χ1v) is 8.37. The lowest BCUT2D eigenvalue weighted by molar-refractivity contribution is -0.140. The number of hydrogen-bond donors (Lipinski definition) is 1. The molecule has 2 aromatic heterocycles. The van der Waals surface area contributed by atoms with Gasteiger partial charge in [0.05, 0.1) is 11.8 Å². The summed E-state index contributed by atoms with van der Waals surface area (Å²) < 4.78 is 5.47. The van der Waals surface area contributed by atoms with E-state index >= 15 is 0 Å². The second kappa shape index (κ2) is 7.53. The van der Waals surface area contributed by atoms with Crippen LogP contribution in [0.4, 0.5) is 0 Å². The van der Waals surface area contributed by atoms with Gasteiger partial charge in [-0.3, -0.25) is 14.6 Å². The quantitative estimate of drug-likeness (QED) is 0.485. The molecule has 1 N–H and O–H groups in total. The molecule has 3 heterocycles. The van der Waals surface area contributed by atoms with Gasteiger partial charge < -0.3 is 19.3 Å². The van der Waals surface area contributed by atoms with Gasteiger partial charge in [-0.05, 0) is 51.3 Å². The van der Waals surface area contributed by atoms with E-state index in [0.29, 0.717) is 24.3 Å². The Hall–Kier alpha value is -2.93. The van der Waals surface area contributed by atoms with E-state index < -0.39 is 17.7 Å². The number of carbonyl (C=O) groups is 2. The Morgan fingerprint density at radius 3 is 2.62 bits per heavy atom. The zero-order valence-corrected chi connectivity index (χ0v) is 14.8. The third-order valence-electron chi connectivity index (χ3n) is 4.31. The first-order chi connectivity index (χ1) is 12.5. The average molecular weight is 355 g/mol. The van der Waals surface area contributed by atoms with Crippen LogP contribution in [0.5, 0.6) is 0 Å². The van der Waals surface area contributed by atoms with E-state index in [-0.39, 0.29) is 11.3 Å². The van der Waals surface area contributed by atoms with E-state index in [9.17, 15) is 14.7 Å². The molecule has 0 spiro atoms. The molecule has 26 heavy (non-hydrogen) atoms. The van der Waals surface area contributed by atoms with E-state index in [4.69, 9.17) is 4.42 Å². The Kier molecular flexibility index (Phi) is 5.18. The van der Waals surface area contributed by atoms with E-state index in [1.165, 1.54) is 23.6 Å². The maximum absolute atomic E-state index is 12.7. The predicted molar refractivity (Wildman–Crippen MR) is 95.1 cm³/mol. The van der Waals surface area contributed by atoms with Crippen molar-refractivity contribution in [3.8, 4) is 0 Å². The Balaban J connectivity index is 2.02. The number of hydrogen-bond acceptors (Lipinski definition) is 6. The van der Waals surface area contributed by atoms with Gasteiger partial charge in [-0.2, -0.15) is 0 Å². The molecule has 2 aromatic rings. The Morgan fingerprint density at radius 2 is 2.00 bits per heavy atom. The molecule has 7 nitrogen and oxygen atoms in total. The molecule has 0 saturated carbocycles. The lowest BCUT2D eigenvalue weighted by Crippen LogP contribution is -2.32. The summed E-state index contributed by atoms with van der Waals surface area (Å²) in [6, 6.07) is 5.85. The van der Waals surface area contributed by atoms with Crippen LogP contribution in [0.2, 0.25) is 0 Å². The van der Waals surface area contributed by atoms with Crippen LogP contribution in [0, 0.1) is 0 Å². The van der Waals surface area contributed by atoms with Gasteiger partial charge >= 0.3 is 0 Å². The van der Waals surface area contributed by atoms with Gasteiger partial charge in [0.25, 0.3) is 11.7 Å². The van der Waals surface area contributed by atoms with Crippen LogP contribution in [0.1, 0.15) is 23.8 Å². The predicted octanol–water partition coefficient (Wildman–Crippen LogP) is 2.05. The van der Waals surface area contributed by atoms with E-state index in [0.717, 1.165) is 6.54 Å². The first kappa shape index (κ1) is 17.9. The number of furan rings is 1. The van der Waals surface area contributed by atoms with Gasteiger partial charge in [0.15, 0.2) is 0 Å². The topological polar surface area (TPSA) is 86.9 Å². The van der Waals surface area contributed by atoms with Crippen molar-refractivity contribution in [3.05, 3.63) is 59.8 Å². The lowest BCUT2D eigenvalue weighted by atomic mass is 10.00. The van der Waals surface area contributed by atoms with Crippen LogP contribution in [0.25, 0.3) is 5.76 Å². The monoisotopic (exact) mass is 355 g/mol. The molecule has 0 unspecified atom stereocenters. The number of pyridine rings is 1. The standard InChI is InChI=1S/C19H21N3O4/c1-21(2)10-4-11-22-16(14-5-3-12-26-14)15(18(24)19(22)25)17(23)13-6-8-20-9-7-13/h3,5-9,12,16,23H,4,10-11H2,1-2H3/b17-15+/t16-/m1/s1. The maximum atomic E-state index is 12.7. The second-order valence-electron chi connectivity index (χ2n) is 6.40. The summed E-state index contributed by atoms with van der Waals surface area (Å²) >= 11 is 0. The number of likely N-dealkylation sites (tertiary alicyclic amines) is 1. The molecule has 1 amide bonds. The number of Topliss-reactive ketones (excluding diaryl/α,β-unsaturated/α-hetero) is 1. The summed E-state index contributed by atoms with van der Waals surface area (Å²) in [4.78, 5) is 32.6. The molecule has 0 bridgehead atoms. The van der Waals surface area contributed by atoms with Crippen LogP contribution >= 0.6 is 0 Å². The van der Waals surface area contributed by atoms with Crippen molar-refractivity contribution in [3.63, 3.8) is 0 Å². The highest BCUT2D eigenvalue weighted by Crippen LogP contribution is 2.39. The fourth-order valence-corrected chi connectivity index (χ4v) is 3.08. The summed E-state index contributed by atoms with van der Waals surface area (Å²) in [5.74, 6) is -1.10. The fraction of sp³-hybridized carbons (Fsp3) is 0.316. The first-order valence-electron chi connectivity index (χ1n) is 8.37. The molecule has 136 valence electrons. The number of rotatable bonds is 6. The van der Waals surface area contributed by atoms with Gasteiger partial charge in [-0.15, -0.1) is 0 Å². The van der Waals surface area contributed by atoms with Crippen LogP contribution in [0.3, 0.4) is 0 Å². The molecule has 0 radical (unpaired) electrons. The number of amides is 1. The smallest absolute Gasteiger partial charge is 0.295 e. The Labute approximate surface area is 151 Å². The van der Waals surface area contributed by atoms with Crippen molar-refractivity contribution >= 4 is 17.4 Å². The minimum absolute atomic E-state index is 0.0426. The molecule has 0 aromatic carbocycles. The van der Waals surface area contributed by atoms with Crippen LogP contribution in [-0.4, -0.2) is 58.8 Å². The van der Waals surface area contributed by atoms with Gasteiger partial charge in [-0.1, -0.05) is 0 Å². The van der Waals surface area contributed by atoms with Crippen molar-refractivity contribution in [2.75, 3.05) is 27.2 Å². The number of carbonyl (C=O) groups excluding carboxylic acids is 2. The van der Waals surface area contributed by atoms with E-state index in [2.05, 4.69) is 4.98 Å². The molecule has 1 atom stereocenters. The lowest BCUT2D eigenvalue weighted by Gasteiger charge is -2.23. The number of aliphatic hydroxyl groups is 1. The highest BCUT2D eigenvalue weighted by molar-refractivity contribution is 6.46. The summed E-state index contributed by atoms with van der Waals surface area (Å²) in [7, 11) is 3.89. The summed E-state index contributed by atoms with van der Waals surface area (Å²) in [5, 5.41) is 10.7. The van der Waals surface area contributed by atoms with Gasteiger partial charge in [-0.25, -0.2) is 0 Å². The van der Waals surface area contributed by atoms with Crippen LogP contribution in [0.15, 0.2) is 52.9 Å². The zero-order chi connectivity index (χ0) is 18.7. The average Bonchev–Trinajstić information content (AvgIpc) is 3.24. The van der Waals surface area contributed by atoms with E-state index in [1.54, 1.807) is 24.3 Å². The van der Waals surface area contributed by atoms with Crippen molar-refractivity contribution in [1.82, 2.24) is 14.8 Å². The van der Waals surface area contributed by atoms with Crippen LogP contribution in [-0.2, 0) is 9.59 Å². The number of nitrogens with zero attached hydrogens (tertiary/aromatic N) is 3. The molecule has 0 aliphatic carbocycles. The Morgan fingerprint density at radius 1 is 1.27 bits per heavy atom. The molecule has 3 rings (SSSR count). The highest BCUT2D eigenvalue weighted by atomic mass is 16.3. The number of ketones is 1. The van der Waals surface area contributed by atoms with Gasteiger partial charge in [0, 0.05) is 24.5 Å². The maximum Gasteiger partial charge on any atom is 0.295 e. The highest BCUT2D eigenvalue weighted by Gasteiger charge is 2.47. The molecule has 7 heteroatoms. The zero-order valence-electron chi connectivity index (χ0n) is 14.8. The normalized spacial score (nSPS) is 19.5. The molecule has 1 aliphatic rings. The van der Waals surface area contributed by atoms with Crippen molar-refractivity contribution in [1.29, 1.82) is 0 Å². The minimum atomic E-state index is -0.736. The van der Waals surface area contributed by atoms with Crippen LogP contribution < -0.4 is 0 Å². The van der Waals surface area contributed by atoms with E-state index in [1.807, 2.05) is 19.0 Å². The Bertz CT molecular complexity index is 813. The second-order valence-corrected chi connectivity index (χ2v) is 6.40. The van der Waals surface area contributed by atoms with Crippen molar-refractivity contribution < 1.29 is 19.1 Å². The largest absolute Gasteiger partial charge is 0.507 e. The molecular formula is C19H21N3O4. The number of aromatic nitrogens is 1. The summed E-state index contributed by atoms with van der Waals surface area (Å²) in [6.07, 6.45) is 5.22. The van der Waals surface area contributed by atoms with Crippen molar-refractivity contribution in [2.45, 2.75) is 12.5 Å². The molecular weight excluding hydrogens is 334 g/mol. The number of aliphatic hydroxyl groups excluding tert-OH is 1. The fourth-order valence-electron chi connectivity index (χ4n) is 3.08. The van der Waals surface area contributed by atoms with Gasteiger partial charge in [0.2, 0.25) is 0 Å². The van der Waals surface area contributed by atoms with Gasteiger partial charge in [0.1, 0.15) is 17.6 Å². The third-order valence-corrected chi connectivity index (χ3v) is 4.31. The minimum Gasteiger partial charge on any atom is -0.507 e. The molecule has 1 aliphatic heterocycles. The molecule has 1 fully saturated rings. The third kappa shape index (κ3) is 3.39. The van der Waals surface area contributed by atoms with Crippen molar-refractivity contribution in [2.24, 2.45) is 0 Å². The summed E-state index contributed by atoms with van der Waals surface area (Å²) in [6.45, 7) is 1.17. The molecule has 1 saturated heterocycles. The SMILES string of the molecule is CN(C)CCCN1C(=O)C(=O)/C(=C(/O)c2ccncc2)[C@H]1c1ccco1. The summed E-state index contributed by atoms with van der Waals surface area (Å²) in [5.41, 5.74) is 0.476.